The molecule has 0 aromatic heterocycles. The Morgan fingerprint density at radius 2 is 2.00 bits per heavy atom. The highest BCUT2D eigenvalue weighted by atomic mass is 35.7. The molecule has 0 N–H and O–H groups in total. The van der Waals surface area contributed by atoms with Crippen LogP contribution in [-0.4, -0.2) is 12.3 Å². The van der Waals surface area contributed by atoms with Crippen LogP contribution in [0, 0.1) is 5.92 Å². The summed E-state index contributed by atoms with van der Waals surface area (Å²) in [5.74, 6) is 0.724. The van der Waals surface area contributed by atoms with Crippen molar-refractivity contribution in [1.29, 1.82) is 0 Å². The van der Waals surface area contributed by atoms with E-state index in [1.54, 1.807) is 0 Å². The van der Waals surface area contributed by atoms with Crippen LogP contribution in [0.5, 0.6) is 0 Å². The number of rotatable bonds is 3. The van der Waals surface area contributed by atoms with Gasteiger partial charge in [-0.15, -0.1) is 0 Å². The van der Waals surface area contributed by atoms with Gasteiger partial charge in [-0.2, -0.15) is 0 Å². The first-order valence-corrected chi connectivity index (χ1v) is 7.25. The summed E-state index contributed by atoms with van der Waals surface area (Å²) in [7, 11) is 11.3. The lowest BCUT2D eigenvalue weighted by molar-refractivity contribution is 0.623. The van der Waals surface area contributed by atoms with E-state index in [9.17, 15) is 0 Å². The van der Waals surface area contributed by atoms with E-state index in [0.717, 1.165) is 11.2 Å². The molecule has 0 radical (unpaired) electrons. The summed E-state index contributed by atoms with van der Waals surface area (Å²) >= 11 is -1.30. The quantitative estimate of drug-likeness (QED) is 0.569. The Morgan fingerprint density at radius 3 is 2.12 bits per heavy atom. The molecule has 0 heterocycles. The van der Waals surface area contributed by atoms with Gasteiger partial charge in [0.2, 0.25) is 0 Å². The molecule has 0 aliphatic carbocycles. The molecule has 1 atom stereocenters. The first-order chi connectivity index (χ1) is 3.66. The molecule has 8 heavy (non-hydrogen) atoms. The molecule has 0 saturated heterocycles. The standard InChI is InChI=1S/C5H11.Al.2ClH/c1-4-5(2)3;;;/h5H,2,4H2,1,3H3;;2*1H/q;+2;;/p-2. The van der Waals surface area contributed by atoms with Gasteiger partial charge in [0.15, 0.2) is 0 Å². The molecular weight excluding hydrogens is 158 g/mol. The molecule has 1 unspecified atom stereocenters. The van der Waals surface area contributed by atoms with Gasteiger partial charge >= 0.3 is 12.3 Å². The highest BCUT2D eigenvalue weighted by Crippen LogP contribution is 2.14. The van der Waals surface area contributed by atoms with Gasteiger partial charge in [-0.1, -0.05) is 31.5 Å². The van der Waals surface area contributed by atoms with Crippen LogP contribution in [0.25, 0.3) is 0 Å². The largest absolute Gasteiger partial charge is 0.519 e. The van der Waals surface area contributed by atoms with Gasteiger partial charge in [-0.05, 0) is 0 Å². The molecule has 0 bridgehead atoms. The summed E-state index contributed by atoms with van der Waals surface area (Å²) in [6, 6.07) is 0. The van der Waals surface area contributed by atoms with Crippen LogP contribution in [0.1, 0.15) is 20.3 Å². The van der Waals surface area contributed by atoms with Crippen LogP contribution in [0.4, 0.5) is 0 Å². The Hall–Kier alpha value is 1.11. The van der Waals surface area contributed by atoms with Gasteiger partial charge < -0.3 is 0 Å². The minimum Gasteiger partial charge on any atom is -0.234 e. The van der Waals surface area contributed by atoms with E-state index in [0.29, 0.717) is 0 Å². The lowest BCUT2D eigenvalue weighted by atomic mass is 10.2. The summed E-state index contributed by atoms with van der Waals surface area (Å²) in [6.45, 7) is 4.35. The van der Waals surface area contributed by atoms with Crippen LogP contribution in [0.2, 0.25) is 5.28 Å². The normalized spacial score (nSPS) is 13.5. The Morgan fingerprint density at radius 1 is 1.50 bits per heavy atom. The molecule has 0 saturated carbocycles. The molecule has 0 aliphatic rings. The second-order valence-electron chi connectivity index (χ2n) is 2.14. The van der Waals surface area contributed by atoms with Crippen LogP contribution in [-0.2, 0) is 0 Å². The third kappa shape index (κ3) is 5.25. The second kappa shape index (κ2) is 4.94. The van der Waals surface area contributed by atoms with Crippen molar-refractivity contribution in [3.63, 3.8) is 0 Å². The van der Waals surface area contributed by atoms with Crippen molar-refractivity contribution in [2.24, 2.45) is 5.92 Å². The third-order valence-corrected chi connectivity index (χ3v) is 3.51. The number of hydrogen-bond donors (Lipinski definition) is 0. The van der Waals surface area contributed by atoms with E-state index < -0.39 is 12.3 Å². The average Bonchev–Trinajstić information content (AvgIpc) is 1.65. The molecule has 0 fully saturated rings. The molecule has 0 amide bonds. The van der Waals surface area contributed by atoms with Crippen molar-refractivity contribution in [2.45, 2.75) is 25.6 Å². The predicted octanol–water partition coefficient (Wildman–Crippen LogP) is 3.00. The van der Waals surface area contributed by atoms with E-state index in [2.05, 4.69) is 13.8 Å². The summed E-state index contributed by atoms with van der Waals surface area (Å²) in [5, 5.41) is 1.06. The fourth-order valence-corrected chi connectivity index (χ4v) is 3.24. The zero-order valence-corrected chi connectivity index (χ0v) is 7.99. The SMILES string of the molecule is CCC(C)[CH2][Al]([Cl])[Cl]. The topological polar surface area (TPSA) is 0 Å². The zero-order valence-electron chi connectivity index (χ0n) is 5.32. The maximum Gasteiger partial charge on any atom is 0.519 e. The molecule has 0 aromatic rings. The lowest BCUT2D eigenvalue weighted by Crippen LogP contribution is -2.00. The fraction of sp³-hybridized carbons (Fsp3) is 1.00. The van der Waals surface area contributed by atoms with E-state index in [4.69, 9.17) is 20.1 Å². The van der Waals surface area contributed by atoms with E-state index in [1.807, 2.05) is 0 Å². The Kier molecular flexibility index (Phi) is 5.63. The summed E-state index contributed by atoms with van der Waals surface area (Å²) in [4.78, 5) is 0. The van der Waals surface area contributed by atoms with Gasteiger partial charge in [-0.25, -0.2) is 20.1 Å². The van der Waals surface area contributed by atoms with Crippen LogP contribution >= 0.6 is 20.1 Å². The third-order valence-electron chi connectivity index (χ3n) is 1.28. The van der Waals surface area contributed by atoms with Gasteiger partial charge in [0.25, 0.3) is 0 Å². The molecule has 0 aliphatic heterocycles. The van der Waals surface area contributed by atoms with Crippen LogP contribution < -0.4 is 0 Å². The highest BCUT2D eigenvalue weighted by molar-refractivity contribution is 7.33. The van der Waals surface area contributed by atoms with Gasteiger partial charge in [0, 0.05) is 0 Å². The lowest BCUT2D eigenvalue weighted by Gasteiger charge is -2.03. The number of hydrogen-bond acceptors (Lipinski definition) is 0. The van der Waals surface area contributed by atoms with Gasteiger partial charge in [0.05, 0.1) is 0 Å². The molecule has 48 valence electrons. The molecule has 0 rings (SSSR count). The van der Waals surface area contributed by atoms with Crippen molar-refractivity contribution in [2.75, 3.05) is 0 Å². The van der Waals surface area contributed by atoms with Gasteiger partial charge in [-0.3, -0.25) is 0 Å². The molecular formula is C5H11AlCl2. The monoisotopic (exact) mass is 168 g/mol. The van der Waals surface area contributed by atoms with Crippen LogP contribution in [0.3, 0.4) is 0 Å². The summed E-state index contributed by atoms with van der Waals surface area (Å²) in [5.41, 5.74) is 0. The minimum atomic E-state index is -1.30. The first-order valence-electron chi connectivity index (χ1n) is 2.95. The molecule has 0 aromatic carbocycles. The minimum absolute atomic E-state index is 0.724. The molecule has 3 heteroatoms. The van der Waals surface area contributed by atoms with Crippen molar-refractivity contribution < 1.29 is 0 Å². The molecule has 0 nitrogen and oxygen atoms in total. The summed E-state index contributed by atoms with van der Waals surface area (Å²) < 4.78 is 0. The van der Waals surface area contributed by atoms with Crippen molar-refractivity contribution >= 4 is 32.4 Å². The smallest absolute Gasteiger partial charge is 0.234 e. The van der Waals surface area contributed by atoms with Crippen LogP contribution in [0.15, 0.2) is 0 Å². The summed E-state index contributed by atoms with van der Waals surface area (Å²) in [6.07, 6.45) is 1.20. The van der Waals surface area contributed by atoms with E-state index in [-0.39, 0.29) is 0 Å². The fourth-order valence-electron chi connectivity index (χ4n) is 0.471. The number of halogens is 2. The Bertz CT molecular complexity index is 56.4. The predicted molar refractivity (Wildman–Crippen MR) is 41.7 cm³/mol. The second-order valence-corrected chi connectivity index (χ2v) is 7.22. The van der Waals surface area contributed by atoms with Crippen molar-refractivity contribution in [1.82, 2.24) is 0 Å². The van der Waals surface area contributed by atoms with E-state index in [1.165, 1.54) is 6.42 Å². The van der Waals surface area contributed by atoms with Crippen molar-refractivity contribution in [3.05, 3.63) is 0 Å². The maximum atomic E-state index is 5.66. The first kappa shape index (κ1) is 9.11. The molecule has 0 spiro atoms. The zero-order chi connectivity index (χ0) is 6.57. The highest BCUT2D eigenvalue weighted by Gasteiger charge is 2.13. The van der Waals surface area contributed by atoms with Crippen molar-refractivity contribution in [3.8, 4) is 0 Å². The Labute approximate surface area is 64.0 Å². The average molecular weight is 169 g/mol. The Balaban J connectivity index is 3.10. The van der Waals surface area contributed by atoms with Gasteiger partial charge in [0.1, 0.15) is 0 Å². The van der Waals surface area contributed by atoms with E-state index >= 15 is 0 Å². The maximum absolute atomic E-state index is 5.66.